The second-order valence-corrected chi connectivity index (χ2v) is 9.45. The lowest BCUT2D eigenvalue weighted by molar-refractivity contribution is -0.131. The van der Waals surface area contributed by atoms with Crippen LogP contribution in [0.25, 0.3) is 20.8 Å². The second-order valence-electron chi connectivity index (χ2n) is 8.42. The number of hydrogen-bond donors (Lipinski definition) is 1. The van der Waals surface area contributed by atoms with E-state index in [1.54, 1.807) is 23.5 Å². The summed E-state index contributed by atoms with van der Waals surface area (Å²) >= 11 is 1.62. The number of nitrogens with zero attached hydrogens (tertiary/aromatic N) is 2. The van der Waals surface area contributed by atoms with Gasteiger partial charge in [0.15, 0.2) is 0 Å². The molecule has 1 atom stereocenters. The van der Waals surface area contributed by atoms with Crippen LogP contribution < -0.4 is 5.32 Å². The van der Waals surface area contributed by atoms with E-state index in [4.69, 9.17) is 9.72 Å². The summed E-state index contributed by atoms with van der Waals surface area (Å²) in [5.41, 5.74) is 4.47. The first-order valence-electron chi connectivity index (χ1n) is 11.3. The summed E-state index contributed by atoms with van der Waals surface area (Å²) in [6, 6.07) is 21.8. The van der Waals surface area contributed by atoms with Crippen LogP contribution in [0.1, 0.15) is 24.0 Å². The summed E-state index contributed by atoms with van der Waals surface area (Å²) in [7, 11) is 0. The van der Waals surface area contributed by atoms with Crippen LogP contribution in [0.5, 0.6) is 0 Å². The third kappa shape index (κ3) is 4.93. The average Bonchev–Trinajstić information content (AvgIpc) is 3.47. The Balaban J connectivity index is 1.24. The third-order valence-corrected chi connectivity index (χ3v) is 6.93. The van der Waals surface area contributed by atoms with Gasteiger partial charge in [-0.15, -0.1) is 11.3 Å². The van der Waals surface area contributed by atoms with Crippen molar-refractivity contribution in [3.8, 4) is 10.6 Å². The predicted octanol–water partition coefficient (Wildman–Crippen LogP) is 5.54. The number of amides is 3. The van der Waals surface area contributed by atoms with Gasteiger partial charge in [-0.05, 0) is 60.9 Å². The molecule has 0 aliphatic carbocycles. The van der Waals surface area contributed by atoms with E-state index in [9.17, 15) is 14.4 Å². The molecule has 3 amide bonds. The van der Waals surface area contributed by atoms with Crippen LogP contribution in [0.3, 0.4) is 0 Å². The number of ether oxygens (including phenoxy) is 1. The Kier molecular flexibility index (Phi) is 6.29. The number of aromatic nitrogens is 1. The molecule has 1 N–H and O–H groups in total. The normalized spacial score (nSPS) is 15.4. The fourth-order valence-corrected chi connectivity index (χ4v) is 5.10. The number of rotatable bonds is 5. The molecule has 4 aromatic rings. The van der Waals surface area contributed by atoms with Crippen molar-refractivity contribution in [1.29, 1.82) is 0 Å². The highest BCUT2D eigenvalue weighted by Crippen LogP contribution is 2.31. The monoisotopic (exact) mass is 485 g/mol. The molecule has 1 aliphatic heterocycles. The van der Waals surface area contributed by atoms with Crippen molar-refractivity contribution in [3.05, 3.63) is 83.9 Å². The maximum absolute atomic E-state index is 12.9. The lowest BCUT2D eigenvalue weighted by Crippen LogP contribution is -2.45. The van der Waals surface area contributed by atoms with Crippen LogP contribution in [0, 0.1) is 6.92 Å². The van der Waals surface area contributed by atoms with Crippen LogP contribution in [-0.2, 0) is 20.9 Å². The van der Waals surface area contributed by atoms with Crippen molar-refractivity contribution in [2.45, 2.75) is 32.4 Å². The van der Waals surface area contributed by atoms with E-state index in [2.05, 4.69) is 18.3 Å². The Bertz CT molecular complexity index is 1400. The molecule has 0 spiro atoms. The molecule has 1 fully saturated rings. The van der Waals surface area contributed by atoms with Gasteiger partial charge in [0.1, 0.15) is 17.7 Å². The number of carbonyl (C=O) groups is 3. The Morgan fingerprint density at radius 1 is 1.09 bits per heavy atom. The molecule has 176 valence electrons. The summed E-state index contributed by atoms with van der Waals surface area (Å²) in [4.78, 5) is 43.5. The third-order valence-electron chi connectivity index (χ3n) is 5.86. The first-order valence-corrected chi connectivity index (χ1v) is 12.1. The molecule has 35 heavy (non-hydrogen) atoms. The van der Waals surface area contributed by atoms with E-state index in [1.807, 2.05) is 54.6 Å². The highest BCUT2D eigenvalue weighted by Gasteiger charge is 2.41. The van der Waals surface area contributed by atoms with Gasteiger partial charge in [0.05, 0.1) is 10.2 Å². The predicted molar refractivity (Wildman–Crippen MR) is 135 cm³/mol. The molecule has 3 aromatic carbocycles. The molecule has 1 aliphatic rings. The molecule has 0 saturated carbocycles. The van der Waals surface area contributed by atoms with Gasteiger partial charge >= 0.3 is 6.09 Å². The number of carbonyl (C=O) groups excluding carboxylic acids is 3. The summed E-state index contributed by atoms with van der Waals surface area (Å²) in [5.74, 6) is -0.833. The molecule has 0 unspecified atom stereocenters. The fraction of sp³-hybridized carbons (Fsp3) is 0.185. The number of anilines is 1. The van der Waals surface area contributed by atoms with Crippen molar-refractivity contribution in [2.24, 2.45) is 0 Å². The van der Waals surface area contributed by atoms with Gasteiger partial charge in [-0.25, -0.2) is 14.7 Å². The molecule has 2 heterocycles. The summed E-state index contributed by atoms with van der Waals surface area (Å²) in [6.45, 7) is 2.09. The number of nitrogens with one attached hydrogen (secondary N) is 1. The first-order chi connectivity index (χ1) is 17.0. The molecular formula is C27H23N3O4S. The number of benzene rings is 3. The lowest BCUT2D eigenvalue weighted by Gasteiger charge is -2.21. The van der Waals surface area contributed by atoms with E-state index < -0.39 is 23.9 Å². The highest BCUT2D eigenvalue weighted by atomic mass is 32.1. The van der Waals surface area contributed by atoms with Crippen LogP contribution in [-0.4, -0.2) is 33.8 Å². The molecular weight excluding hydrogens is 462 g/mol. The second kappa shape index (κ2) is 9.68. The van der Waals surface area contributed by atoms with Gasteiger partial charge in [-0.2, -0.15) is 0 Å². The van der Waals surface area contributed by atoms with E-state index in [-0.39, 0.29) is 19.4 Å². The highest BCUT2D eigenvalue weighted by molar-refractivity contribution is 7.21. The minimum atomic E-state index is -0.905. The fourth-order valence-electron chi connectivity index (χ4n) is 4.03. The summed E-state index contributed by atoms with van der Waals surface area (Å²) in [5, 5.41) is 3.72. The van der Waals surface area contributed by atoms with Crippen LogP contribution in [0.2, 0.25) is 0 Å². The Hall–Kier alpha value is -4.04. The average molecular weight is 486 g/mol. The molecule has 1 aromatic heterocycles. The van der Waals surface area contributed by atoms with Crippen molar-refractivity contribution >= 4 is 45.1 Å². The van der Waals surface area contributed by atoms with Crippen molar-refractivity contribution in [3.63, 3.8) is 0 Å². The molecule has 8 heteroatoms. The number of thiazole rings is 1. The Morgan fingerprint density at radius 3 is 2.63 bits per heavy atom. The molecule has 0 bridgehead atoms. The quantitative estimate of drug-likeness (QED) is 0.401. The van der Waals surface area contributed by atoms with Gasteiger partial charge in [0.25, 0.3) is 0 Å². The van der Waals surface area contributed by atoms with Gasteiger partial charge in [0.2, 0.25) is 11.8 Å². The smallest absolute Gasteiger partial charge is 0.417 e. The molecule has 0 radical (unpaired) electrons. The number of hydrogen-bond acceptors (Lipinski definition) is 6. The van der Waals surface area contributed by atoms with E-state index in [1.165, 1.54) is 5.56 Å². The topological polar surface area (TPSA) is 88.6 Å². The Labute approximate surface area is 206 Å². The zero-order chi connectivity index (χ0) is 24.4. The van der Waals surface area contributed by atoms with Gasteiger partial charge in [-0.3, -0.25) is 9.59 Å². The zero-order valence-electron chi connectivity index (χ0n) is 19.1. The summed E-state index contributed by atoms with van der Waals surface area (Å²) in [6.07, 6.45) is -0.430. The van der Waals surface area contributed by atoms with Crippen LogP contribution in [0.15, 0.2) is 72.8 Å². The van der Waals surface area contributed by atoms with Crippen molar-refractivity contribution in [1.82, 2.24) is 9.88 Å². The van der Waals surface area contributed by atoms with Gasteiger partial charge in [-0.1, -0.05) is 36.4 Å². The number of imide groups is 1. The Morgan fingerprint density at radius 2 is 1.86 bits per heavy atom. The molecule has 7 nitrogen and oxygen atoms in total. The largest absolute Gasteiger partial charge is 0.444 e. The maximum atomic E-state index is 12.9. The standard InChI is InChI=1S/C27H23N3O4S/c1-17-7-12-21-23(15-17)35-26(29-21)19-8-10-20(11-9-19)28-25(32)22-13-14-24(31)30(22)27(33)34-16-18-5-3-2-4-6-18/h2-12,15,22H,13-14,16H2,1H3,(H,28,32)/t22-/m1/s1. The van der Waals surface area contributed by atoms with E-state index in [0.29, 0.717) is 5.69 Å². The minimum Gasteiger partial charge on any atom is -0.444 e. The first kappa shape index (κ1) is 22.7. The number of fused-ring (bicyclic) bond motifs is 1. The van der Waals surface area contributed by atoms with E-state index >= 15 is 0 Å². The van der Waals surface area contributed by atoms with Crippen LogP contribution in [0.4, 0.5) is 10.5 Å². The SMILES string of the molecule is Cc1ccc2nc(-c3ccc(NC(=O)[C@H]4CCC(=O)N4C(=O)OCc4ccccc4)cc3)sc2c1. The molecule has 1 saturated heterocycles. The minimum absolute atomic E-state index is 0.0323. The van der Waals surface area contributed by atoms with Crippen molar-refractivity contribution in [2.75, 3.05) is 5.32 Å². The maximum Gasteiger partial charge on any atom is 0.417 e. The van der Waals surface area contributed by atoms with Crippen LogP contribution >= 0.6 is 11.3 Å². The molecule has 5 rings (SSSR count). The van der Waals surface area contributed by atoms with E-state index in [0.717, 1.165) is 31.3 Å². The lowest BCUT2D eigenvalue weighted by atomic mass is 10.2. The van der Waals surface area contributed by atoms with Gasteiger partial charge in [0, 0.05) is 17.7 Å². The zero-order valence-corrected chi connectivity index (χ0v) is 19.9. The van der Waals surface area contributed by atoms with Gasteiger partial charge < -0.3 is 10.1 Å². The van der Waals surface area contributed by atoms with Crippen molar-refractivity contribution < 1.29 is 19.1 Å². The number of likely N-dealkylation sites (tertiary alicyclic amines) is 1. The number of aryl methyl sites for hydroxylation is 1. The summed E-state index contributed by atoms with van der Waals surface area (Å²) < 4.78 is 6.42.